The molecule has 1 aliphatic rings. The van der Waals surface area contributed by atoms with Crippen LogP contribution in [0.4, 0.5) is 0 Å². The van der Waals surface area contributed by atoms with Crippen LogP contribution in [-0.2, 0) is 4.79 Å². The van der Waals surface area contributed by atoms with Gasteiger partial charge in [-0.1, -0.05) is 6.42 Å². The summed E-state index contributed by atoms with van der Waals surface area (Å²) >= 11 is 0. The standard InChI is InChI=1S/C11H22N2O/c1-10(12)6-5-9-13-8-4-2-3-7-11(13)14/h10H,2-9,12H2,1H3. The van der Waals surface area contributed by atoms with Gasteiger partial charge >= 0.3 is 0 Å². The number of hydrogen-bond donors (Lipinski definition) is 1. The molecule has 1 unspecified atom stereocenters. The lowest BCUT2D eigenvalue weighted by Gasteiger charge is -2.20. The van der Waals surface area contributed by atoms with Crippen LogP contribution in [0.25, 0.3) is 0 Å². The summed E-state index contributed by atoms with van der Waals surface area (Å²) in [5.41, 5.74) is 5.67. The Morgan fingerprint density at radius 1 is 1.43 bits per heavy atom. The van der Waals surface area contributed by atoms with Gasteiger partial charge < -0.3 is 10.6 Å². The van der Waals surface area contributed by atoms with Gasteiger partial charge in [0.1, 0.15) is 0 Å². The number of hydrogen-bond acceptors (Lipinski definition) is 2. The third-order valence-corrected chi connectivity index (χ3v) is 2.76. The lowest BCUT2D eigenvalue weighted by molar-refractivity contribution is -0.130. The highest BCUT2D eigenvalue weighted by Crippen LogP contribution is 2.11. The molecule has 1 heterocycles. The maximum absolute atomic E-state index is 11.6. The van der Waals surface area contributed by atoms with E-state index in [-0.39, 0.29) is 6.04 Å². The van der Waals surface area contributed by atoms with E-state index in [1.54, 1.807) is 0 Å². The summed E-state index contributed by atoms with van der Waals surface area (Å²) in [4.78, 5) is 13.6. The molecular formula is C11H22N2O. The molecule has 0 saturated carbocycles. The van der Waals surface area contributed by atoms with Crippen LogP contribution in [0.3, 0.4) is 0 Å². The van der Waals surface area contributed by atoms with Gasteiger partial charge in [0.05, 0.1) is 0 Å². The van der Waals surface area contributed by atoms with Crippen molar-refractivity contribution < 1.29 is 4.79 Å². The minimum Gasteiger partial charge on any atom is -0.343 e. The van der Waals surface area contributed by atoms with Gasteiger partial charge in [-0.05, 0) is 32.6 Å². The molecule has 3 heteroatoms. The Hall–Kier alpha value is -0.570. The van der Waals surface area contributed by atoms with Crippen molar-refractivity contribution >= 4 is 5.91 Å². The van der Waals surface area contributed by atoms with E-state index < -0.39 is 0 Å². The Labute approximate surface area is 86.6 Å². The van der Waals surface area contributed by atoms with Crippen molar-refractivity contribution in [1.82, 2.24) is 4.90 Å². The highest BCUT2D eigenvalue weighted by atomic mass is 16.2. The molecule has 0 bridgehead atoms. The smallest absolute Gasteiger partial charge is 0.222 e. The second-order valence-corrected chi connectivity index (χ2v) is 4.31. The summed E-state index contributed by atoms with van der Waals surface area (Å²) in [5.74, 6) is 0.340. The molecule has 0 aliphatic carbocycles. The molecular weight excluding hydrogens is 176 g/mol. The first-order valence-corrected chi connectivity index (χ1v) is 5.73. The molecule has 1 atom stereocenters. The lowest BCUT2D eigenvalue weighted by Crippen LogP contribution is -2.32. The van der Waals surface area contributed by atoms with Crippen LogP contribution < -0.4 is 5.73 Å². The molecule has 1 aliphatic heterocycles. The van der Waals surface area contributed by atoms with Gasteiger partial charge in [-0.25, -0.2) is 0 Å². The summed E-state index contributed by atoms with van der Waals surface area (Å²) in [7, 11) is 0. The Balaban J connectivity index is 2.23. The van der Waals surface area contributed by atoms with E-state index in [0.717, 1.165) is 38.8 Å². The van der Waals surface area contributed by atoms with Crippen LogP contribution in [0.2, 0.25) is 0 Å². The fourth-order valence-corrected chi connectivity index (χ4v) is 1.88. The summed E-state index contributed by atoms with van der Waals surface area (Å²) < 4.78 is 0. The van der Waals surface area contributed by atoms with Crippen molar-refractivity contribution in [1.29, 1.82) is 0 Å². The topological polar surface area (TPSA) is 46.3 Å². The Morgan fingerprint density at radius 3 is 2.93 bits per heavy atom. The van der Waals surface area contributed by atoms with Crippen molar-refractivity contribution in [2.75, 3.05) is 13.1 Å². The van der Waals surface area contributed by atoms with Crippen LogP contribution in [0.15, 0.2) is 0 Å². The zero-order valence-electron chi connectivity index (χ0n) is 9.17. The van der Waals surface area contributed by atoms with Crippen LogP contribution in [0.1, 0.15) is 45.4 Å². The van der Waals surface area contributed by atoms with Gasteiger partial charge in [0.25, 0.3) is 0 Å². The number of likely N-dealkylation sites (tertiary alicyclic amines) is 1. The molecule has 1 rings (SSSR count). The monoisotopic (exact) mass is 198 g/mol. The third-order valence-electron chi connectivity index (χ3n) is 2.76. The van der Waals surface area contributed by atoms with Gasteiger partial charge in [-0.2, -0.15) is 0 Å². The molecule has 3 nitrogen and oxygen atoms in total. The Morgan fingerprint density at radius 2 is 2.21 bits per heavy atom. The molecule has 0 aromatic rings. The fourth-order valence-electron chi connectivity index (χ4n) is 1.88. The molecule has 2 N–H and O–H groups in total. The Bertz CT molecular complexity index is 180. The number of carbonyl (C=O) groups excluding carboxylic acids is 1. The van der Waals surface area contributed by atoms with E-state index >= 15 is 0 Å². The first-order chi connectivity index (χ1) is 6.70. The van der Waals surface area contributed by atoms with Gasteiger partial charge in [-0.3, -0.25) is 4.79 Å². The van der Waals surface area contributed by atoms with E-state index in [0.29, 0.717) is 5.91 Å². The molecule has 0 aromatic heterocycles. The van der Waals surface area contributed by atoms with Crippen LogP contribution in [0.5, 0.6) is 0 Å². The van der Waals surface area contributed by atoms with E-state index in [4.69, 9.17) is 5.73 Å². The number of rotatable bonds is 4. The summed E-state index contributed by atoms with van der Waals surface area (Å²) in [6, 6.07) is 0.261. The molecule has 1 saturated heterocycles. The number of nitrogens with zero attached hydrogens (tertiary/aromatic N) is 1. The molecule has 1 fully saturated rings. The van der Waals surface area contributed by atoms with Crippen molar-refractivity contribution in [3.05, 3.63) is 0 Å². The van der Waals surface area contributed by atoms with Crippen LogP contribution >= 0.6 is 0 Å². The predicted octanol–water partition coefficient (Wildman–Crippen LogP) is 1.52. The quantitative estimate of drug-likeness (QED) is 0.744. The van der Waals surface area contributed by atoms with Gasteiger partial charge in [-0.15, -0.1) is 0 Å². The van der Waals surface area contributed by atoms with Gasteiger partial charge in [0.15, 0.2) is 0 Å². The van der Waals surface area contributed by atoms with Crippen molar-refractivity contribution in [2.45, 2.75) is 51.5 Å². The second-order valence-electron chi connectivity index (χ2n) is 4.31. The first kappa shape index (κ1) is 11.5. The average Bonchev–Trinajstić information content (AvgIpc) is 2.31. The van der Waals surface area contributed by atoms with Crippen molar-refractivity contribution in [3.63, 3.8) is 0 Å². The van der Waals surface area contributed by atoms with Gasteiger partial charge in [0, 0.05) is 25.6 Å². The second kappa shape index (κ2) is 6.02. The average molecular weight is 198 g/mol. The minimum atomic E-state index is 0.261. The normalized spacial score (nSPS) is 20.7. The summed E-state index contributed by atoms with van der Waals surface area (Å²) in [5, 5.41) is 0. The third kappa shape index (κ3) is 4.09. The molecule has 0 aromatic carbocycles. The highest BCUT2D eigenvalue weighted by Gasteiger charge is 2.15. The van der Waals surface area contributed by atoms with Crippen molar-refractivity contribution in [3.8, 4) is 0 Å². The largest absolute Gasteiger partial charge is 0.343 e. The maximum atomic E-state index is 11.6. The molecule has 82 valence electrons. The number of nitrogens with two attached hydrogens (primary N) is 1. The minimum absolute atomic E-state index is 0.261. The molecule has 1 amide bonds. The zero-order chi connectivity index (χ0) is 10.4. The number of carbonyl (C=O) groups is 1. The zero-order valence-corrected chi connectivity index (χ0v) is 9.17. The summed E-state index contributed by atoms with van der Waals surface area (Å²) in [6.07, 6.45) is 6.26. The summed E-state index contributed by atoms with van der Waals surface area (Å²) in [6.45, 7) is 3.88. The van der Waals surface area contributed by atoms with E-state index in [1.807, 2.05) is 11.8 Å². The lowest BCUT2D eigenvalue weighted by atomic mass is 10.2. The fraction of sp³-hybridized carbons (Fsp3) is 0.909. The van der Waals surface area contributed by atoms with Gasteiger partial charge in [0.2, 0.25) is 5.91 Å². The molecule has 0 radical (unpaired) electrons. The van der Waals surface area contributed by atoms with Crippen LogP contribution in [-0.4, -0.2) is 29.9 Å². The van der Waals surface area contributed by atoms with Crippen molar-refractivity contribution in [2.24, 2.45) is 5.73 Å². The van der Waals surface area contributed by atoms with Crippen LogP contribution in [0, 0.1) is 0 Å². The van der Waals surface area contributed by atoms with E-state index in [9.17, 15) is 4.79 Å². The highest BCUT2D eigenvalue weighted by molar-refractivity contribution is 5.76. The maximum Gasteiger partial charge on any atom is 0.222 e. The molecule has 0 spiro atoms. The van der Waals surface area contributed by atoms with E-state index in [1.165, 1.54) is 12.8 Å². The predicted molar refractivity (Wildman–Crippen MR) is 57.9 cm³/mol. The molecule has 14 heavy (non-hydrogen) atoms. The Kier molecular flexibility index (Phi) is 4.94. The number of amides is 1. The SMILES string of the molecule is CC(N)CCCN1CCCCCC1=O. The van der Waals surface area contributed by atoms with E-state index in [2.05, 4.69) is 0 Å². The first-order valence-electron chi connectivity index (χ1n) is 5.73.